The van der Waals surface area contributed by atoms with E-state index in [9.17, 15) is 4.79 Å². The first-order valence-electron chi connectivity index (χ1n) is 12.5. The number of carbonyl (C=O) groups is 1. The highest BCUT2D eigenvalue weighted by atomic mass is 16.5. The Morgan fingerprint density at radius 1 is 1.09 bits per heavy atom. The van der Waals surface area contributed by atoms with Gasteiger partial charge in [-0.15, -0.1) is 0 Å². The van der Waals surface area contributed by atoms with Crippen molar-refractivity contribution < 1.29 is 15.7 Å². The number of nitrogens with one attached hydrogen (secondary N) is 1. The van der Waals surface area contributed by atoms with Crippen molar-refractivity contribution in [3.05, 3.63) is 48.2 Å². The summed E-state index contributed by atoms with van der Waals surface area (Å²) in [6, 6.07) is 5.90. The summed E-state index contributed by atoms with van der Waals surface area (Å²) in [5.41, 5.74) is 1.96. The van der Waals surface area contributed by atoms with Gasteiger partial charge in [0.15, 0.2) is 0 Å². The van der Waals surface area contributed by atoms with E-state index >= 15 is 0 Å². The lowest BCUT2D eigenvalue weighted by atomic mass is 9.93. The summed E-state index contributed by atoms with van der Waals surface area (Å²) in [5.74, 6) is 1.48. The van der Waals surface area contributed by atoms with Crippen LogP contribution in [0.3, 0.4) is 0 Å². The summed E-state index contributed by atoms with van der Waals surface area (Å²) in [7, 11) is 0. The lowest BCUT2D eigenvalue weighted by molar-refractivity contribution is 0.0881. The monoisotopic (exact) mass is 480 g/mol. The van der Waals surface area contributed by atoms with E-state index in [0.717, 1.165) is 61.1 Å². The fraction of sp³-hybridized carbons (Fsp3) is 0.500. The molecule has 3 aromatic heterocycles. The van der Waals surface area contributed by atoms with Crippen LogP contribution in [0.2, 0.25) is 0 Å². The van der Waals surface area contributed by atoms with Crippen molar-refractivity contribution in [2.75, 3.05) is 31.2 Å². The minimum Gasteiger partial charge on any atom is -0.474 e. The van der Waals surface area contributed by atoms with Crippen molar-refractivity contribution in [3.63, 3.8) is 0 Å². The molecule has 188 valence electrons. The Bertz CT molecular complexity index is 1120. The van der Waals surface area contributed by atoms with Crippen LogP contribution in [-0.2, 0) is 4.74 Å². The van der Waals surface area contributed by atoms with E-state index in [2.05, 4.69) is 31.2 Å². The van der Waals surface area contributed by atoms with Gasteiger partial charge in [-0.25, -0.2) is 9.97 Å². The molecule has 1 aliphatic carbocycles. The normalized spacial score (nSPS) is 20.0. The van der Waals surface area contributed by atoms with Gasteiger partial charge in [-0.1, -0.05) is 13.8 Å². The summed E-state index contributed by atoms with van der Waals surface area (Å²) in [5, 5.41) is 3.98. The van der Waals surface area contributed by atoms with Gasteiger partial charge in [-0.3, -0.25) is 9.78 Å². The standard InChI is InChI=1S/C24H28N6O3.C2H6.H2/c1-16-13-19-20(27-15-16)14-21(30-9-11-32-12-10-30)29-24(19)33-18-5-3-17(4-6-18)28-23(31)22-25-7-2-8-26-22;1-2;/h2,7-8,13-15,17-18H,3-6,9-12H2,1H3,(H,28,31);1-2H3;1H. The zero-order valence-corrected chi connectivity index (χ0v) is 20.7. The van der Waals surface area contributed by atoms with Gasteiger partial charge in [0.2, 0.25) is 11.7 Å². The quantitative estimate of drug-likeness (QED) is 0.586. The molecular formula is C26H36N6O3. The molecule has 9 heteroatoms. The second-order valence-corrected chi connectivity index (χ2v) is 8.60. The minimum absolute atomic E-state index is 0. The van der Waals surface area contributed by atoms with E-state index in [0.29, 0.717) is 19.1 Å². The second-order valence-electron chi connectivity index (χ2n) is 8.60. The summed E-state index contributed by atoms with van der Waals surface area (Å²) in [6.07, 6.45) is 8.41. The highest BCUT2D eigenvalue weighted by Gasteiger charge is 2.26. The predicted octanol–water partition coefficient (Wildman–Crippen LogP) is 3.96. The fourth-order valence-electron chi connectivity index (χ4n) is 4.38. The summed E-state index contributed by atoms with van der Waals surface area (Å²) in [4.78, 5) is 32.1. The summed E-state index contributed by atoms with van der Waals surface area (Å²) >= 11 is 0. The number of fused-ring (bicyclic) bond motifs is 1. The van der Waals surface area contributed by atoms with Crippen LogP contribution in [0, 0.1) is 6.92 Å². The first-order chi connectivity index (χ1) is 17.2. The molecule has 0 aromatic carbocycles. The number of pyridine rings is 2. The predicted molar refractivity (Wildman–Crippen MR) is 137 cm³/mol. The topological polar surface area (TPSA) is 102 Å². The maximum absolute atomic E-state index is 12.4. The van der Waals surface area contributed by atoms with E-state index < -0.39 is 0 Å². The number of aromatic nitrogens is 4. The third kappa shape index (κ3) is 6.22. The van der Waals surface area contributed by atoms with Crippen LogP contribution in [0.1, 0.15) is 57.1 Å². The van der Waals surface area contributed by atoms with E-state index in [-0.39, 0.29) is 25.3 Å². The number of morpholine rings is 1. The van der Waals surface area contributed by atoms with Crippen molar-refractivity contribution in [1.82, 2.24) is 25.3 Å². The maximum atomic E-state index is 12.4. The Kier molecular flexibility index (Phi) is 8.41. The maximum Gasteiger partial charge on any atom is 0.289 e. The average Bonchev–Trinajstić information content (AvgIpc) is 2.92. The molecule has 3 aromatic rings. The van der Waals surface area contributed by atoms with Gasteiger partial charge in [0.1, 0.15) is 11.9 Å². The summed E-state index contributed by atoms with van der Waals surface area (Å²) < 4.78 is 11.9. The Labute approximate surface area is 207 Å². The third-order valence-electron chi connectivity index (χ3n) is 6.16. The zero-order valence-electron chi connectivity index (χ0n) is 20.7. The van der Waals surface area contributed by atoms with E-state index in [1.54, 1.807) is 18.5 Å². The minimum atomic E-state index is -0.229. The molecule has 2 aliphatic rings. The van der Waals surface area contributed by atoms with Crippen LogP contribution in [0.5, 0.6) is 5.88 Å². The van der Waals surface area contributed by atoms with Gasteiger partial charge in [0.05, 0.1) is 24.1 Å². The highest BCUT2D eigenvalue weighted by molar-refractivity contribution is 5.90. The molecule has 0 unspecified atom stereocenters. The Hall–Kier alpha value is -3.33. The summed E-state index contributed by atoms with van der Waals surface area (Å²) in [6.45, 7) is 9.03. The van der Waals surface area contributed by atoms with Gasteiger partial charge in [-0.2, -0.15) is 4.98 Å². The van der Waals surface area contributed by atoms with Crippen molar-refractivity contribution in [2.24, 2.45) is 0 Å². The Morgan fingerprint density at radius 2 is 1.80 bits per heavy atom. The van der Waals surface area contributed by atoms with Crippen LogP contribution in [0.25, 0.3) is 10.9 Å². The molecule has 1 saturated carbocycles. The molecule has 0 atom stereocenters. The lowest BCUT2D eigenvalue weighted by Gasteiger charge is -2.31. The number of rotatable bonds is 5. The second kappa shape index (κ2) is 11.9. The molecule has 4 heterocycles. The van der Waals surface area contributed by atoms with Gasteiger partial charge < -0.3 is 19.7 Å². The van der Waals surface area contributed by atoms with Crippen molar-refractivity contribution in [1.29, 1.82) is 0 Å². The van der Waals surface area contributed by atoms with Crippen LogP contribution in [0.15, 0.2) is 36.8 Å². The van der Waals surface area contributed by atoms with E-state index in [1.807, 2.05) is 33.0 Å². The van der Waals surface area contributed by atoms with Gasteiger partial charge in [0, 0.05) is 45.2 Å². The SMILES string of the molecule is CC.Cc1cnc2cc(N3CCOCC3)nc(OC3CCC(NC(=O)c4ncccn4)CC3)c2c1.[HH]. The molecule has 2 fully saturated rings. The fourth-order valence-corrected chi connectivity index (χ4v) is 4.38. The Balaban J connectivity index is 0.00000117. The lowest BCUT2D eigenvalue weighted by Crippen LogP contribution is -2.40. The smallest absolute Gasteiger partial charge is 0.289 e. The molecule has 1 N–H and O–H groups in total. The molecule has 1 amide bonds. The van der Waals surface area contributed by atoms with E-state index in [1.165, 1.54) is 0 Å². The third-order valence-corrected chi connectivity index (χ3v) is 6.16. The first kappa shape index (κ1) is 24.8. The first-order valence-corrected chi connectivity index (χ1v) is 12.5. The van der Waals surface area contributed by atoms with Crippen molar-refractivity contribution in [3.8, 4) is 5.88 Å². The number of carbonyl (C=O) groups excluding carboxylic acids is 1. The van der Waals surface area contributed by atoms with Crippen LogP contribution >= 0.6 is 0 Å². The van der Waals surface area contributed by atoms with Gasteiger partial charge in [0.25, 0.3) is 5.91 Å². The molecule has 0 spiro atoms. The molecule has 35 heavy (non-hydrogen) atoms. The van der Waals surface area contributed by atoms with Crippen LogP contribution < -0.4 is 15.0 Å². The number of aryl methyl sites for hydroxylation is 1. The highest BCUT2D eigenvalue weighted by Crippen LogP contribution is 2.31. The number of hydrogen-bond acceptors (Lipinski definition) is 8. The number of ether oxygens (including phenoxy) is 2. The molecular weight excluding hydrogens is 444 g/mol. The Morgan fingerprint density at radius 3 is 2.51 bits per heavy atom. The average molecular weight is 481 g/mol. The largest absolute Gasteiger partial charge is 0.474 e. The van der Waals surface area contributed by atoms with Crippen LogP contribution in [0.4, 0.5) is 5.82 Å². The van der Waals surface area contributed by atoms with Crippen molar-refractivity contribution in [2.45, 2.75) is 58.6 Å². The molecule has 9 nitrogen and oxygen atoms in total. The molecule has 5 rings (SSSR count). The zero-order chi connectivity index (χ0) is 24.6. The molecule has 0 bridgehead atoms. The van der Waals surface area contributed by atoms with Crippen LogP contribution in [-0.4, -0.2) is 64.3 Å². The molecule has 1 saturated heterocycles. The van der Waals surface area contributed by atoms with Gasteiger partial charge in [-0.05, 0) is 50.3 Å². The van der Waals surface area contributed by atoms with E-state index in [4.69, 9.17) is 14.5 Å². The van der Waals surface area contributed by atoms with Crippen molar-refractivity contribution >= 4 is 22.6 Å². The molecule has 0 radical (unpaired) electrons. The number of amides is 1. The number of nitrogens with zero attached hydrogens (tertiary/aromatic N) is 5. The van der Waals surface area contributed by atoms with Gasteiger partial charge >= 0.3 is 0 Å². The number of anilines is 1. The number of hydrogen-bond donors (Lipinski definition) is 1. The molecule has 1 aliphatic heterocycles.